The van der Waals surface area contributed by atoms with Crippen molar-refractivity contribution in [2.45, 2.75) is 13.3 Å². The summed E-state index contributed by atoms with van der Waals surface area (Å²) in [6, 6.07) is 3.46. The van der Waals surface area contributed by atoms with E-state index in [9.17, 15) is 4.79 Å². The van der Waals surface area contributed by atoms with Crippen molar-refractivity contribution in [1.29, 1.82) is 5.26 Å². The fraction of sp³-hybridized carbons (Fsp3) is 0.222. The van der Waals surface area contributed by atoms with Crippen molar-refractivity contribution in [1.82, 2.24) is 4.98 Å². The maximum absolute atomic E-state index is 10.7. The van der Waals surface area contributed by atoms with Gasteiger partial charge in [-0.2, -0.15) is 5.26 Å². The van der Waals surface area contributed by atoms with Gasteiger partial charge in [0, 0.05) is 11.8 Å². The standard InChI is InChI=1S/C9H8N2O2/c1-2-7-6(5-10)3-4-11-8(7)9(12)13/h3-4H,2H2,1H3,(H,12,13). The summed E-state index contributed by atoms with van der Waals surface area (Å²) in [4.78, 5) is 14.4. The molecule has 1 N–H and O–H groups in total. The maximum Gasteiger partial charge on any atom is 0.354 e. The molecule has 0 saturated heterocycles. The Bertz CT molecular complexity index is 380. The highest BCUT2D eigenvalue weighted by atomic mass is 16.4. The third-order valence-corrected chi connectivity index (χ3v) is 1.73. The molecule has 0 atom stereocenters. The molecule has 0 unspecified atom stereocenters. The molecule has 0 bridgehead atoms. The number of nitrogens with zero attached hydrogens (tertiary/aromatic N) is 2. The van der Waals surface area contributed by atoms with Crippen LogP contribution >= 0.6 is 0 Å². The van der Waals surface area contributed by atoms with Gasteiger partial charge in [0.25, 0.3) is 0 Å². The average Bonchev–Trinajstić information content (AvgIpc) is 2.16. The number of pyridine rings is 1. The van der Waals surface area contributed by atoms with Crippen LogP contribution in [0.4, 0.5) is 0 Å². The van der Waals surface area contributed by atoms with E-state index in [1.54, 1.807) is 6.92 Å². The first-order valence-corrected chi connectivity index (χ1v) is 3.82. The second kappa shape index (κ2) is 3.68. The molecule has 1 heterocycles. The van der Waals surface area contributed by atoms with Crippen molar-refractivity contribution in [3.05, 3.63) is 29.1 Å². The molecule has 4 heteroatoms. The molecular formula is C9H8N2O2. The van der Waals surface area contributed by atoms with E-state index in [0.717, 1.165) is 0 Å². The number of carboxylic acid groups (broad SMARTS) is 1. The Morgan fingerprint density at radius 2 is 2.46 bits per heavy atom. The Hall–Kier alpha value is -1.89. The molecule has 0 amide bonds. The van der Waals surface area contributed by atoms with Gasteiger partial charge < -0.3 is 5.11 Å². The van der Waals surface area contributed by atoms with Crippen LogP contribution in [0.2, 0.25) is 0 Å². The van der Waals surface area contributed by atoms with E-state index in [1.165, 1.54) is 12.3 Å². The number of hydrogen-bond donors (Lipinski definition) is 1. The Labute approximate surface area is 75.5 Å². The predicted molar refractivity (Wildman–Crippen MR) is 45.3 cm³/mol. The van der Waals surface area contributed by atoms with Crippen LogP contribution in [0.15, 0.2) is 12.3 Å². The van der Waals surface area contributed by atoms with Crippen molar-refractivity contribution in [2.24, 2.45) is 0 Å². The summed E-state index contributed by atoms with van der Waals surface area (Å²) in [5.41, 5.74) is 0.856. The Balaban J connectivity index is 3.38. The topological polar surface area (TPSA) is 74.0 Å². The molecule has 0 fully saturated rings. The Morgan fingerprint density at radius 3 is 2.92 bits per heavy atom. The van der Waals surface area contributed by atoms with Gasteiger partial charge in [0.2, 0.25) is 0 Å². The van der Waals surface area contributed by atoms with Crippen LogP contribution in [0.25, 0.3) is 0 Å². The van der Waals surface area contributed by atoms with Crippen LogP contribution < -0.4 is 0 Å². The van der Waals surface area contributed by atoms with E-state index in [-0.39, 0.29) is 5.69 Å². The van der Waals surface area contributed by atoms with Crippen LogP contribution in [0.5, 0.6) is 0 Å². The van der Waals surface area contributed by atoms with Crippen molar-refractivity contribution in [3.63, 3.8) is 0 Å². The van der Waals surface area contributed by atoms with Crippen LogP contribution in [0, 0.1) is 11.3 Å². The quantitative estimate of drug-likeness (QED) is 0.735. The number of hydrogen-bond acceptors (Lipinski definition) is 3. The highest BCUT2D eigenvalue weighted by Gasteiger charge is 2.13. The average molecular weight is 176 g/mol. The SMILES string of the molecule is CCc1c(C#N)ccnc1C(=O)O. The summed E-state index contributed by atoms with van der Waals surface area (Å²) in [5, 5.41) is 17.4. The van der Waals surface area contributed by atoms with E-state index >= 15 is 0 Å². The fourth-order valence-corrected chi connectivity index (χ4v) is 1.14. The largest absolute Gasteiger partial charge is 0.477 e. The van der Waals surface area contributed by atoms with Gasteiger partial charge in [0.15, 0.2) is 5.69 Å². The zero-order valence-corrected chi connectivity index (χ0v) is 7.11. The minimum atomic E-state index is -1.09. The van der Waals surface area contributed by atoms with Crippen molar-refractivity contribution in [2.75, 3.05) is 0 Å². The van der Waals surface area contributed by atoms with Crippen LogP contribution in [-0.4, -0.2) is 16.1 Å². The smallest absolute Gasteiger partial charge is 0.354 e. The van der Waals surface area contributed by atoms with E-state index in [2.05, 4.69) is 4.98 Å². The molecule has 0 radical (unpaired) electrons. The number of carbonyl (C=O) groups is 1. The normalized spacial score (nSPS) is 9.23. The number of aromatic carboxylic acids is 1. The van der Waals surface area contributed by atoms with Gasteiger partial charge in [-0.15, -0.1) is 0 Å². The Morgan fingerprint density at radius 1 is 1.77 bits per heavy atom. The number of nitriles is 1. The van der Waals surface area contributed by atoms with Gasteiger partial charge in [-0.25, -0.2) is 9.78 Å². The van der Waals surface area contributed by atoms with Crippen molar-refractivity contribution < 1.29 is 9.90 Å². The molecule has 1 aromatic heterocycles. The van der Waals surface area contributed by atoms with Crippen molar-refractivity contribution in [3.8, 4) is 6.07 Å². The van der Waals surface area contributed by atoms with E-state index in [1.807, 2.05) is 6.07 Å². The summed E-state index contributed by atoms with van der Waals surface area (Å²) in [6.45, 7) is 1.80. The van der Waals surface area contributed by atoms with Gasteiger partial charge >= 0.3 is 5.97 Å². The van der Waals surface area contributed by atoms with Crippen LogP contribution in [0.1, 0.15) is 28.5 Å². The molecule has 66 valence electrons. The molecule has 0 aliphatic heterocycles. The summed E-state index contributed by atoms with van der Waals surface area (Å²) in [5.74, 6) is -1.09. The second-order valence-corrected chi connectivity index (χ2v) is 2.46. The zero-order valence-electron chi connectivity index (χ0n) is 7.11. The molecule has 0 aromatic carbocycles. The first kappa shape index (κ1) is 9.20. The van der Waals surface area contributed by atoms with Crippen LogP contribution in [-0.2, 0) is 6.42 Å². The fourth-order valence-electron chi connectivity index (χ4n) is 1.14. The van der Waals surface area contributed by atoms with Crippen LogP contribution in [0.3, 0.4) is 0 Å². The minimum absolute atomic E-state index is 0.0263. The first-order valence-electron chi connectivity index (χ1n) is 3.82. The Kier molecular flexibility index (Phi) is 2.60. The number of carboxylic acids is 1. The van der Waals surface area contributed by atoms with Gasteiger partial charge in [-0.1, -0.05) is 6.92 Å². The molecule has 0 spiro atoms. The van der Waals surface area contributed by atoms with Gasteiger partial charge in [-0.3, -0.25) is 0 Å². The highest BCUT2D eigenvalue weighted by Crippen LogP contribution is 2.12. The number of rotatable bonds is 2. The second-order valence-electron chi connectivity index (χ2n) is 2.46. The molecule has 1 rings (SSSR count). The lowest BCUT2D eigenvalue weighted by Gasteiger charge is -2.02. The molecule has 0 saturated carbocycles. The third kappa shape index (κ3) is 1.64. The predicted octanol–water partition coefficient (Wildman–Crippen LogP) is 1.21. The minimum Gasteiger partial charge on any atom is -0.477 e. The molecule has 1 aromatic rings. The van der Waals surface area contributed by atoms with E-state index < -0.39 is 5.97 Å². The summed E-state index contributed by atoms with van der Waals surface area (Å²) >= 11 is 0. The summed E-state index contributed by atoms with van der Waals surface area (Å²) in [7, 11) is 0. The molecular weight excluding hydrogens is 168 g/mol. The molecule has 0 aliphatic carbocycles. The lowest BCUT2D eigenvalue weighted by molar-refractivity contribution is 0.0689. The van der Waals surface area contributed by atoms with E-state index in [4.69, 9.17) is 10.4 Å². The van der Waals surface area contributed by atoms with Crippen molar-refractivity contribution >= 4 is 5.97 Å². The maximum atomic E-state index is 10.7. The summed E-state index contributed by atoms with van der Waals surface area (Å²) in [6.07, 6.45) is 1.83. The lowest BCUT2D eigenvalue weighted by Crippen LogP contribution is -2.06. The molecule has 0 aliphatic rings. The molecule has 13 heavy (non-hydrogen) atoms. The van der Waals surface area contributed by atoms with Gasteiger partial charge in [0.05, 0.1) is 11.6 Å². The van der Waals surface area contributed by atoms with E-state index in [0.29, 0.717) is 17.5 Å². The third-order valence-electron chi connectivity index (χ3n) is 1.73. The summed E-state index contributed by atoms with van der Waals surface area (Å²) < 4.78 is 0. The zero-order chi connectivity index (χ0) is 9.84. The molecule has 4 nitrogen and oxygen atoms in total. The first-order chi connectivity index (χ1) is 6.20. The lowest BCUT2D eigenvalue weighted by atomic mass is 10.1. The number of aromatic nitrogens is 1. The van der Waals surface area contributed by atoms with Gasteiger partial charge in [0.1, 0.15) is 0 Å². The van der Waals surface area contributed by atoms with Gasteiger partial charge in [-0.05, 0) is 12.5 Å². The monoisotopic (exact) mass is 176 g/mol. The highest BCUT2D eigenvalue weighted by molar-refractivity contribution is 5.87.